The van der Waals surface area contributed by atoms with E-state index in [1.54, 1.807) is 13.8 Å². The fourth-order valence-corrected chi connectivity index (χ4v) is 0.797. The summed E-state index contributed by atoms with van der Waals surface area (Å²) in [7, 11) is 1.46. The minimum absolute atomic E-state index is 0.207. The topological polar surface area (TPSA) is 55.4 Å². The second kappa shape index (κ2) is 4.84. The second-order valence-electron chi connectivity index (χ2n) is 2.75. The van der Waals surface area contributed by atoms with Gasteiger partial charge in [-0.3, -0.25) is 9.59 Å². The van der Waals surface area contributed by atoms with Crippen molar-refractivity contribution in [3.05, 3.63) is 0 Å². The number of esters is 1. The molecule has 0 bridgehead atoms. The van der Waals surface area contributed by atoms with E-state index in [4.69, 9.17) is 6.11 Å². The van der Waals surface area contributed by atoms with Gasteiger partial charge in [0.25, 0.3) is 5.91 Å². The molecule has 0 rings (SSSR count). The maximum absolute atomic E-state index is 11.4. The molecule has 1 N–H and O–H groups in total. The lowest BCUT2D eigenvalue weighted by Crippen LogP contribution is -2.46. The van der Waals surface area contributed by atoms with Crippen LogP contribution in [0, 0.1) is 0 Å². The van der Waals surface area contributed by atoms with E-state index in [1.165, 1.54) is 7.05 Å². The summed E-state index contributed by atoms with van der Waals surface area (Å²) in [5, 5.41) is 2.40. The first kappa shape index (κ1) is 10.0. The van der Waals surface area contributed by atoms with Gasteiger partial charge in [0.2, 0.25) is 0 Å². The van der Waals surface area contributed by atoms with Gasteiger partial charge in [0.1, 0.15) is 0 Å². The highest BCUT2D eigenvalue weighted by molar-refractivity contribution is 5.87. The third-order valence-corrected chi connectivity index (χ3v) is 1.81. The summed E-state index contributed by atoms with van der Waals surface area (Å²) in [6.07, 6.45) is 0.515. The Hall–Kier alpha value is -1.06. The first-order chi connectivity index (χ1) is 6.56. The maximum Gasteiger partial charge on any atom is 0.306 e. The molecule has 0 aromatic rings. The Morgan fingerprint density at radius 1 is 1.54 bits per heavy atom. The van der Waals surface area contributed by atoms with Crippen LogP contribution in [0.2, 0.25) is 0 Å². The standard InChI is InChI=1S/C9H17NO3/c1-5-7(11)13-9(3,6-2)8(12)10-4/h5-6H2,1-4H3,(H,10,12)/i3D. The Morgan fingerprint density at radius 3 is 2.46 bits per heavy atom. The quantitative estimate of drug-likeness (QED) is 0.665. The Balaban J connectivity index is 4.69. The van der Waals surface area contributed by atoms with Crippen molar-refractivity contribution >= 4 is 11.9 Å². The number of carbonyl (C=O) groups excluding carboxylic acids is 2. The van der Waals surface area contributed by atoms with Crippen LogP contribution in [0.4, 0.5) is 0 Å². The second-order valence-corrected chi connectivity index (χ2v) is 2.75. The molecule has 76 valence electrons. The monoisotopic (exact) mass is 188 g/mol. The van der Waals surface area contributed by atoms with Gasteiger partial charge < -0.3 is 10.1 Å². The molecule has 0 aliphatic heterocycles. The van der Waals surface area contributed by atoms with Crippen LogP contribution in [-0.2, 0) is 14.3 Å². The number of rotatable bonds is 4. The summed E-state index contributed by atoms with van der Waals surface area (Å²) in [6.45, 7) is 3.11. The van der Waals surface area contributed by atoms with Gasteiger partial charge in [0, 0.05) is 14.8 Å². The van der Waals surface area contributed by atoms with Gasteiger partial charge >= 0.3 is 5.97 Å². The Kier molecular flexibility index (Phi) is 3.73. The number of amides is 1. The van der Waals surface area contributed by atoms with Gasteiger partial charge in [-0.1, -0.05) is 13.8 Å². The van der Waals surface area contributed by atoms with Crippen LogP contribution in [0.5, 0.6) is 0 Å². The van der Waals surface area contributed by atoms with Gasteiger partial charge in [0.05, 0.1) is 0 Å². The van der Waals surface area contributed by atoms with Gasteiger partial charge in [-0.25, -0.2) is 0 Å². The molecular formula is C9H17NO3. The first-order valence-corrected chi connectivity index (χ1v) is 4.29. The van der Waals surface area contributed by atoms with Crippen LogP contribution in [-0.4, -0.2) is 24.5 Å². The molecule has 0 aromatic heterocycles. The number of nitrogens with one attached hydrogen (secondary N) is 1. The van der Waals surface area contributed by atoms with Crippen molar-refractivity contribution in [3.8, 4) is 0 Å². The molecular weight excluding hydrogens is 170 g/mol. The van der Waals surface area contributed by atoms with Crippen molar-refractivity contribution in [1.82, 2.24) is 5.32 Å². The van der Waals surface area contributed by atoms with E-state index >= 15 is 0 Å². The Labute approximate surface area is 80.1 Å². The molecule has 1 unspecified atom stereocenters. The lowest BCUT2D eigenvalue weighted by molar-refractivity contribution is -0.166. The number of carbonyl (C=O) groups is 2. The minimum atomic E-state index is -1.32. The van der Waals surface area contributed by atoms with E-state index in [0.717, 1.165) is 0 Å². The van der Waals surface area contributed by atoms with Gasteiger partial charge in [-0.05, 0) is 13.3 Å². The van der Waals surface area contributed by atoms with Crippen LogP contribution in [0.25, 0.3) is 0 Å². The zero-order valence-corrected chi connectivity index (χ0v) is 8.35. The fourth-order valence-electron chi connectivity index (χ4n) is 0.797. The van der Waals surface area contributed by atoms with Crippen molar-refractivity contribution in [2.75, 3.05) is 7.05 Å². The third kappa shape index (κ3) is 3.05. The molecule has 0 aromatic carbocycles. The molecule has 4 nitrogen and oxygen atoms in total. The molecule has 0 fully saturated rings. The number of hydrogen-bond donors (Lipinski definition) is 1. The Bertz CT molecular complexity index is 214. The van der Waals surface area contributed by atoms with Crippen LogP contribution in [0.1, 0.15) is 35.0 Å². The van der Waals surface area contributed by atoms with Gasteiger partial charge in [-0.2, -0.15) is 0 Å². The summed E-state index contributed by atoms with van der Waals surface area (Å²) in [5.74, 6) is -0.875. The summed E-state index contributed by atoms with van der Waals surface area (Å²) in [5.41, 5.74) is -1.32. The third-order valence-electron chi connectivity index (χ3n) is 1.81. The van der Waals surface area contributed by atoms with E-state index in [1.807, 2.05) is 0 Å². The minimum Gasteiger partial charge on any atom is -0.449 e. The van der Waals surface area contributed by atoms with Gasteiger partial charge in [-0.15, -0.1) is 0 Å². The Morgan fingerprint density at radius 2 is 2.15 bits per heavy atom. The SMILES string of the molecule is [2H]CC(CC)(OC(=O)CC)C(=O)NC. The lowest BCUT2D eigenvalue weighted by atomic mass is 10.0. The molecule has 0 aliphatic rings. The highest BCUT2D eigenvalue weighted by Gasteiger charge is 2.34. The zero-order chi connectivity index (χ0) is 11.2. The molecule has 0 spiro atoms. The van der Waals surface area contributed by atoms with E-state index < -0.39 is 17.5 Å². The van der Waals surface area contributed by atoms with Crippen LogP contribution in [0.15, 0.2) is 0 Å². The largest absolute Gasteiger partial charge is 0.449 e. The van der Waals surface area contributed by atoms with Crippen LogP contribution in [0.3, 0.4) is 0 Å². The lowest BCUT2D eigenvalue weighted by Gasteiger charge is -2.25. The zero-order valence-electron chi connectivity index (χ0n) is 9.35. The highest BCUT2D eigenvalue weighted by Crippen LogP contribution is 2.16. The molecule has 1 atom stereocenters. The average molecular weight is 188 g/mol. The first-order valence-electron chi connectivity index (χ1n) is 5.00. The van der Waals surface area contributed by atoms with Crippen molar-refractivity contribution in [1.29, 1.82) is 0 Å². The average Bonchev–Trinajstić information content (AvgIpc) is 2.24. The van der Waals surface area contributed by atoms with Crippen molar-refractivity contribution in [2.24, 2.45) is 0 Å². The summed E-state index contributed by atoms with van der Waals surface area (Å²) >= 11 is 0. The van der Waals surface area contributed by atoms with Crippen molar-refractivity contribution in [2.45, 2.75) is 39.2 Å². The molecule has 0 aliphatic carbocycles. The van der Waals surface area contributed by atoms with Crippen molar-refractivity contribution in [3.63, 3.8) is 0 Å². The molecule has 13 heavy (non-hydrogen) atoms. The highest BCUT2D eigenvalue weighted by atomic mass is 16.6. The summed E-state index contributed by atoms with van der Waals surface area (Å²) < 4.78 is 12.3. The molecule has 0 saturated carbocycles. The van der Waals surface area contributed by atoms with E-state index in [9.17, 15) is 9.59 Å². The smallest absolute Gasteiger partial charge is 0.306 e. The van der Waals surface area contributed by atoms with E-state index in [2.05, 4.69) is 5.32 Å². The maximum atomic E-state index is 11.4. The number of likely N-dealkylation sites (N-methyl/N-ethyl adjacent to an activating group) is 1. The van der Waals surface area contributed by atoms with E-state index in [0.29, 0.717) is 6.42 Å². The normalized spacial score (nSPS) is 15.5. The fraction of sp³-hybridized carbons (Fsp3) is 0.778. The van der Waals surface area contributed by atoms with Crippen LogP contribution >= 0.6 is 0 Å². The molecule has 1 amide bonds. The van der Waals surface area contributed by atoms with Gasteiger partial charge in [0.15, 0.2) is 5.60 Å². The molecule has 0 heterocycles. The van der Waals surface area contributed by atoms with E-state index in [-0.39, 0.29) is 13.3 Å². The van der Waals surface area contributed by atoms with Crippen molar-refractivity contribution < 1.29 is 15.7 Å². The summed E-state index contributed by atoms with van der Waals surface area (Å²) in [4.78, 5) is 22.5. The molecule has 0 radical (unpaired) electrons. The number of ether oxygens (including phenoxy) is 1. The summed E-state index contributed by atoms with van der Waals surface area (Å²) in [6, 6.07) is 0. The molecule has 4 heteroatoms. The molecule has 0 saturated heterocycles. The predicted octanol–water partition coefficient (Wildman–Crippen LogP) is 0.854. The predicted molar refractivity (Wildman–Crippen MR) is 49.1 cm³/mol. The van der Waals surface area contributed by atoms with Crippen LogP contribution < -0.4 is 5.32 Å². The number of hydrogen-bond acceptors (Lipinski definition) is 3.